The van der Waals surface area contributed by atoms with Gasteiger partial charge in [-0.1, -0.05) is 182 Å². The van der Waals surface area contributed by atoms with Gasteiger partial charge in [0.2, 0.25) is 0 Å². The molecular weight excluding hydrogens is 619 g/mol. The number of anilines is 3. The van der Waals surface area contributed by atoms with Crippen LogP contribution in [0, 0.1) is 0 Å². The number of para-hydroxylation sites is 1. The molecule has 0 aliphatic rings. The van der Waals surface area contributed by atoms with E-state index in [0.717, 1.165) is 17.1 Å². The Hall–Kier alpha value is -6.22. The van der Waals surface area contributed by atoms with Crippen LogP contribution in [0.5, 0.6) is 0 Å². The van der Waals surface area contributed by atoms with E-state index in [2.05, 4.69) is 229 Å². The van der Waals surface area contributed by atoms with Crippen LogP contribution in [0.2, 0.25) is 0 Å². The number of rotatable bonds is 9. The van der Waals surface area contributed by atoms with Gasteiger partial charge in [0.25, 0.3) is 0 Å². The summed E-state index contributed by atoms with van der Waals surface area (Å²) in [4.78, 5) is 2.33. The average Bonchev–Trinajstić information content (AvgIpc) is 3.20. The van der Waals surface area contributed by atoms with Gasteiger partial charge in [-0.3, -0.25) is 0 Å². The summed E-state index contributed by atoms with van der Waals surface area (Å²) in [5, 5.41) is 6.54. The van der Waals surface area contributed by atoms with Gasteiger partial charge < -0.3 is 4.90 Å². The van der Waals surface area contributed by atoms with Crippen molar-refractivity contribution in [3.63, 3.8) is 0 Å². The molecule has 0 saturated heterocycles. The van der Waals surface area contributed by atoms with Crippen molar-refractivity contribution in [3.8, 4) is 11.1 Å². The van der Waals surface area contributed by atoms with Gasteiger partial charge in [-0.15, -0.1) is 0 Å². The summed E-state index contributed by atoms with van der Waals surface area (Å²) in [7, 11) is -2.49. The highest BCUT2D eigenvalue weighted by Gasteiger charge is 2.36. The Bertz CT molecular complexity index is 2240. The van der Waals surface area contributed by atoms with Gasteiger partial charge in [-0.05, 0) is 85.5 Å². The smallest absolute Gasteiger partial charge is 0.172 e. The maximum absolute atomic E-state index is 2.51. The summed E-state index contributed by atoms with van der Waals surface area (Å²) in [6.07, 6.45) is 2.34. The Morgan fingerprint density at radius 2 is 0.760 bits per heavy atom. The molecule has 0 aliphatic heterocycles. The Kier molecular flexibility index (Phi) is 8.76. The minimum atomic E-state index is -2.49. The molecule has 8 aromatic rings. The molecule has 0 unspecified atom stereocenters. The van der Waals surface area contributed by atoms with E-state index in [1.54, 1.807) is 0 Å². The first kappa shape index (κ1) is 31.1. The highest BCUT2D eigenvalue weighted by molar-refractivity contribution is 7.15. The van der Waals surface area contributed by atoms with E-state index in [4.69, 9.17) is 0 Å². The summed E-state index contributed by atoms with van der Waals surface area (Å²) in [6.45, 7) is 0. The van der Waals surface area contributed by atoms with Crippen LogP contribution in [0.25, 0.3) is 28.0 Å². The van der Waals surface area contributed by atoms with Gasteiger partial charge in [0.1, 0.15) is 0 Å². The Labute approximate surface area is 296 Å². The fourth-order valence-corrected chi connectivity index (χ4v) is 11.2. The minimum Gasteiger partial charge on any atom is -0.310 e. The number of nitrogens with zero attached hydrogens (tertiary/aromatic N) is 1. The van der Waals surface area contributed by atoms with E-state index >= 15 is 0 Å². The van der Waals surface area contributed by atoms with Gasteiger partial charge in [0.05, 0.1) is 0 Å². The molecule has 1 nitrogen and oxygen atoms in total. The molecule has 0 bridgehead atoms. The molecule has 50 heavy (non-hydrogen) atoms. The van der Waals surface area contributed by atoms with E-state index < -0.39 is 8.07 Å². The topological polar surface area (TPSA) is 3.24 Å². The van der Waals surface area contributed by atoms with E-state index in [9.17, 15) is 0 Å². The van der Waals surface area contributed by atoms with Gasteiger partial charge in [-0.25, -0.2) is 0 Å². The van der Waals surface area contributed by atoms with Crippen molar-refractivity contribution in [1.29, 1.82) is 0 Å². The molecule has 0 radical (unpaired) electrons. The van der Waals surface area contributed by atoms with E-state index in [-0.39, 0.29) is 0 Å². The number of benzene rings is 8. The molecule has 0 fully saturated rings. The molecule has 0 amide bonds. The van der Waals surface area contributed by atoms with Crippen molar-refractivity contribution < 1.29 is 0 Å². The summed E-state index contributed by atoms with van der Waals surface area (Å²) < 4.78 is 0. The lowest BCUT2D eigenvalue weighted by atomic mass is 10.0. The van der Waals surface area contributed by atoms with Gasteiger partial charge >= 0.3 is 0 Å². The predicted octanol–water partition coefficient (Wildman–Crippen LogP) is 10.7. The van der Waals surface area contributed by atoms with Crippen LogP contribution < -0.4 is 20.5 Å². The van der Waals surface area contributed by atoms with Crippen molar-refractivity contribution in [3.05, 3.63) is 224 Å². The zero-order valence-corrected chi connectivity index (χ0v) is 28.8. The van der Waals surface area contributed by atoms with Crippen molar-refractivity contribution in [2.45, 2.75) is 0 Å². The summed E-state index contributed by atoms with van der Waals surface area (Å²) in [6, 6.07) is 76.8. The SMILES string of the molecule is C(=C\[Si](c1ccccc1)(c1ccccc1)c1ccccc1)/c1ccc2cc(N(c3ccccc3)c3ccc(-c4ccccc4)cc3)ccc2c1. The highest BCUT2D eigenvalue weighted by Crippen LogP contribution is 2.37. The largest absolute Gasteiger partial charge is 0.310 e. The van der Waals surface area contributed by atoms with E-state index in [0.29, 0.717) is 0 Å². The molecule has 0 heterocycles. The number of fused-ring (bicyclic) bond motifs is 1. The fraction of sp³-hybridized carbons (Fsp3) is 0. The molecule has 0 N–H and O–H groups in total. The first-order valence-corrected chi connectivity index (χ1v) is 19.3. The molecule has 0 aliphatic carbocycles. The number of hydrogen-bond donors (Lipinski definition) is 0. The average molecular weight is 656 g/mol. The van der Waals surface area contributed by atoms with Crippen LogP contribution in [0.4, 0.5) is 17.1 Å². The molecular formula is C48H37NSi. The fourth-order valence-electron chi connectivity index (χ4n) is 7.07. The molecule has 8 aromatic carbocycles. The normalized spacial score (nSPS) is 11.5. The Morgan fingerprint density at radius 1 is 0.340 bits per heavy atom. The lowest BCUT2D eigenvalue weighted by molar-refractivity contribution is 1.29. The second-order valence-corrected chi connectivity index (χ2v) is 16.3. The lowest BCUT2D eigenvalue weighted by Gasteiger charge is -2.30. The second-order valence-electron chi connectivity index (χ2n) is 12.6. The maximum Gasteiger partial charge on any atom is 0.172 e. The monoisotopic (exact) mass is 655 g/mol. The summed E-state index contributed by atoms with van der Waals surface area (Å²) >= 11 is 0. The van der Waals surface area contributed by atoms with Crippen LogP contribution in [-0.4, -0.2) is 8.07 Å². The predicted molar refractivity (Wildman–Crippen MR) is 217 cm³/mol. The van der Waals surface area contributed by atoms with Crippen LogP contribution >= 0.6 is 0 Å². The van der Waals surface area contributed by atoms with Crippen LogP contribution in [0.1, 0.15) is 5.56 Å². The third-order valence-electron chi connectivity index (χ3n) is 9.57. The second kappa shape index (κ2) is 14.1. The quantitative estimate of drug-likeness (QED) is 0.110. The molecule has 2 heteroatoms. The molecule has 0 spiro atoms. The van der Waals surface area contributed by atoms with Crippen molar-refractivity contribution >= 4 is 57.5 Å². The first-order valence-electron chi connectivity index (χ1n) is 17.2. The third kappa shape index (κ3) is 6.21. The Balaban J connectivity index is 1.18. The van der Waals surface area contributed by atoms with Crippen LogP contribution in [0.15, 0.2) is 218 Å². The zero-order chi connectivity index (χ0) is 33.6. The van der Waals surface area contributed by atoms with Crippen molar-refractivity contribution in [2.24, 2.45) is 0 Å². The highest BCUT2D eigenvalue weighted by atomic mass is 28.3. The van der Waals surface area contributed by atoms with Crippen molar-refractivity contribution in [1.82, 2.24) is 0 Å². The van der Waals surface area contributed by atoms with Crippen LogP contribution in [-0.2, 0) is 0 Å². The standard InChI is InChI=1S/C48H37NSi/c1-6-16-39(17-7-1)40-28-31-44(32-29-40)49(43-18-8-2-9-19-43)45-33-30-41-36-38(26-27-42(41)37-45)34-35-50(46-20-10-3-11-21-46,47-22-12-4-13-23-47)48-24-14-5-15-25-48/h1-37H/b35-34+. The molecule has 8 rings (SSSR count). The van der Waals surface area contributed by atoms with Gasteiger partial charge in [0.15, 0.2) is 8.07 Å². The van der Waals surface area contributed by atoms with E-state index in [1.807, 2.05) is 0 Å². The molecule has 0 saturated carbocycles. The van der Waals surface area contributed by atoms with Gasteiger partial charge in [0, 0.05) is 17.1 Å². The Morgan fingerprint density at radius 3 is 1.32 bits per heavy atom. The van der Waals surface area contributed by atoms with Crippen molar-refractivity contribution in [2.75, 3.05) is 4.90 Å². The maximum atomic E-state index is 2.51. The zero-order valence-electron chi connectivity index (χ0n) is 27.8. The van der Waals surface area contributed by atoms with Gasteiger partial charge in [-0.2, -0.15) is 0 Å². The molecule has 238 valence electrons. The number of hydrogen-bond acceptors (Lipinski definition) is 1. The third-order valence-corrected chi connectivity index (χ3v) is 14.0. The first-order chi connectivity index (χ1) is 24.8. The molecule has 0 aromatic heterocycles. The summed E-state index contributed by atoms with van der Waals surface area (Å²) in [5.74, 6) is 0. The van der Waals surface area contributed by atoms with Crippen LogP contribution in [0.3, 0.4) is 0 Å². The molecule has 0 atom stereocenters. The lowest BCUT2D eigenvalue weighted by Crippen LogP contribution is -2.66. The summed E-state index contributed by atoms with van der Waals surface area (Å²) in [5.41, 5.74) is 9.52. The minimum absolute atomic E-state index is 1.12. The van der Waals surface area contributed by atoms with E-state index in [1.165, 1.54) is 43.0 Å².